The monoisotopic (exact) mass is 415 g/mol. The maximum Gasteiger partial charge on any atom is 0.264 e. The molecule has 2 aliphatic heterocycles. The topological polar surface area (TPSA) is 54.3 Å². The molecule has 0 saturated carbocycles. The minimum absolute atomic E-state index is 0.0844. The first-order valence-corrected chi connectivity index (χ1v) is 10.6. The second-order valence-electron chi connectivity index (χ2n) is 8.34. The first-order valence-electron chi connectivity index (χ1n) is 10.6. The van der Waals surface area contributed by atoms with Crippen LogP contribution in [0.3, 0.4) is 0 Å². The molecule has 160 valence electrons. The number of hydrogen-bond acceptors (Lipinski definition) is 5. The van der Waals surface area contributed by atoms with Gasteiger partial charge in [-0.2, -0.15) is 5.10 Å². The first kappa shape index (κ1) is 19.7. The number of fused-ring (bicyclic) bond motifs is 2. The lowest BCUT2D eigenvalue weighted by molar-refractivity contribution is -0.0281. The summed E-state index contributed by atoms with van der Waals surface area (Å²) in [6, 6.07) is 3.90. The van der Waals surface area contributed by atoms with Crippen LogP contribution >= 0.6 is 0 Å². The van der Waals surface area contributed by atoms with Crippen LogP contribution in [0.15, 0.2) is 36.2 Å². The Labute approximate surface area is 174 Å². The van der Waals surface area contributed by atoms with Crippen molar-refractivity contribution in [1.29, 1.82) is 0 Å². The summed E-state index contributed by atoms with van der Waals surface area (Å²) < 4.78 is 29.7. The minimum Gasteiger partial charge on any atom is -0.365 e. The Bertz CT molecular complexity index is 957. The summed E-state index contributed by atoms with van der Waals surface area (Å²) >= 11 is 0. The van der Waals surface area contributed by atoms with E-state index in [0.29, 0.717) is 5.56 Å². The van der Waals surface area contributed by atoms with Crippen molar-refractivity contribution < 1.29 is 13.6 Å². The van der Waals surface area contributed by atoms with Gasteiger partial charge in [0.2, 0.25) is 0 Å². The average Bonchev–Trinajstić information content (AvgIpc) is 3.04. The Morgan fingerprint density at radius 3 is 2.93 bits per heavy atom. The van der Waals surface area contributed by atoms with Crippen molar-refractivity contribution >= 4 is 5.69 Å². The maximum atomic E-state index is 14.0. The predicted molar refractivity (Wildman–Crippen MR) is 111 cm³/mol. The molecular formula is C22H27F2N5O. The number of nitrogens with one attached hydrogen (secondary N) is 2. The van der Waals surface area contributed by atoms with Crippen molar-refractivity contribution in [3.8, 4) is 11.1 Å². The van der Waals surface area contributed by atoms with E-state index in [1.54, 1.807) is 30.2 Å². The van der Waals surface area contributed by atoms with Crippen LogP contribution < -0.4 is 15.9 Å². The highest BCUT2D eigenvalue weighted by Gasteiger charge is 2.31. The van der Waals surface area contributed by atoms with Gasteiger partial charge in [0.15, 0.2) is 0 Å². The van der Waals surface area contributed by atoms with Gasteiger partial charge in [0, 0.05) is 49.2 Å². The molecule has 1 aromatic heterocycles. The van der Waals surface area contributed by atoms with Gasteiger partial charge in [0.1, 0.15) is 6.10 Å². The smallest absolute Gasteiger partial charge is 0.264 e. The molecule has 2 aromatic rings. The number of anilines is 1. The average molecular weight is 415 g/mol. The largest absolute Gasteiger partial charge is 0.365 e. The minimum atomic E-state index is -2.53. The fourth-order valence-corrected chi connectivity index (χ4v) is 4.95. The van der Waals surface area contributed by atoms with Crippen molar-refractivity contribution in [2.24, 2.45) is 7.05 Å². The van der Waals surface area contributed by atoms with E-state index < -0.39 is 6.43 Å². The molecule has 1 aromatic carbocycles. The quantitative estimate of drug-likeness (QED) is 0.750. The number of halogens is 2. The Morgan fingerprint density at radius 2 is 2.13 bits per heavy atom. The zero-order valence-corrected chi connectivity index (χ0v) is 17.1. The highest BCUT2D eigenvalue weighted by Crippen LogP contribution is 2.41. The molecule has 3 heterocycles. The summed E-state index contributed by atoms with van der Waals surface area (Å²) in [5, 5.41) is 4.17. The third kappa shape index (κ3) is 3.64. The lowest BCUT2D eigenvalue weighted by Crippen LogP contribution is -2.42. The van der Waals surface area contributed by atoms with Crippen molar-refractivity contribution in [3.63, 3.8) is 0 Å². The molecular weight excluding hydrogens is 388 g/mol. The number of nitrogens with zero attached hydrogens (tertiary/aromatic N) is 3. The van der Waals surface area contributed by atoms with Crippen LogP contribution in [0, 0.1) is 0 Å². The molecule has 0 radical (unpaired) electrons. The second kappa shape index (κ2) is 8.09. The van der Waals surface area contributed by atoms with E-state index in [2.05, 4.69) is 27.1 Å². The molecule has 0 spiro atoms. The van der Waals surface area contributed by atoms with Crippen molar-refractivity contribution in [3.05, 3.63) is 47.3 Å². The van der Waals surface area contributed by atoms with Gasteiger partial charge in [-0.05, 0) is 60.9 Å². The fraction of sp³-hybridized carbons (Fsp3) is 0.500. The third-order valence-electron chi connectivity index (χ3n) is 6.41. The molecule has 2 atom stereocenters. The van der Waals surface area contributed by atoms with Gasteiger partial charge in [0.05, 0.1) is 6.20 Å². The number of aromatic nitrogens is 2. The molecule has 0 bridgehead atoms. The van der Waals surface area contributed by atoms with Gasteiger partial charge in [-0.1, -0.05) is 6.08 Å². The molecule has 2 unspecified atom stereocenters. The van der Waals surface area contributed by atoms with E-state index in [1.165, 1.54) is 5.57 Å². The van der Waals surface area contributed by atoms with Crippen molar-refractivity contribution in [2.75, 3.05) is 18.0 Å². The summed E-state index contributed by atoms with van der Waals surface area (Å²) in [6.45, 7) is 1.70. The number of aryl methyl sites for hydroxylation is 2. The third-order valence-corrected chi connectivity index (χ3v) is 6.41. The van der Waals surface area contributed by atoms with E-state index in [4.69, 9.17) is 4.84 Å². The molecule has 1 saturated heterocycles. The van der Waals surface area contributed by atoms with Gasteiger partial charge in [-0.3, -0.25) is 9.52 Å². The van der Waals surface area contributed by atoms with Gasteiger partial charge < -0.3 is 4.90 Å². The number of rotatable bonds is 3. The molecule has 1 aliphatic carbocycles. The van der Waals surface area contributed by atoms with Crippen molar-refractivity contribution in [2.45, 2.75) is 50.7 Å². The fourth-order valence-electron chi connectivity index (χ4n) is 4.95. The molecule has 6 nitrogen and oxygen atoms in total. The first-order chi connectivity index (χ1) is 14.6. The zero-order valence-electron chi connectivity index (χ0n) is 17.1. The summed E-state index contributed by atoms with van der Waals surface area (Å²) in [5.74, 6) is 0. The van der Waals surface area contributed by atoms with E-state index in [0.717, 1.165) is 62.0 Å². The van der Waals surface area contributed by atoms with Crippen LogP contribution in [0.5, 0.6) is 0 Å². The van der Waals surface area contributed by atoms with E-state index in [1.807, 2.05) is 6.07 Å². The molecule has 5 rings (SSSR count). The summed E-state index contributed by atoms with van der Waals surface area (Å²) in [7, 11) is 1.80. The Morgan fingerprint density at radius 1 is 1.23 bits per heavy atom. The van der Waals surface area contributed by atoms with Crippen LogP contribution in [0.25, 0.3) is 11.1 Å². The zero-order chi connectivity index (χ0) is 20.7. The maximum absolute atomic E-state index is 14.0. The van der Waals surface area contributed by atoms with Gasteiger partial charge in [0.25, 0.3) is 6.43 Å². The standard InChI is InChI=1S/C22H27F2N5O/c1-28-13-16(12-26-28)18-10-14-3-2-8-29(20(14)11-19(18)22(23)24)17-4-5-21-15(9-17)6-7-25-27-30-21/h9-13,17,21-22,25,27H,2-8H2,1H3. The molecule has 1 fully saturated rings. The van der Waals surface area contributed by atoms with Gasteiger partial charge >= 0.3 is 0 Å². The molecule has 8 heteroatoms. The van der Waals surface area contributed by atoms with Crippen LogP contribution in [-0.4, -0.2) is 35.0 Å². The molecule has 2 N–H and O–H groups in total. The number of hydrogen-bond donors (Lipinski definition) is 2. The van der Waals surface area contributed by atoms with Crippen LogP contribution in [0.4, 0.5) is 14.5 Å². The number of hydrazine groups is 1. The Hall–Kier alpha value is -2.29. The van der Waals surface area contributed by atoms with Crippen LogP contribution in [0.2, 0.25) is 0 Å². The summed E-state index contributed by atoms with van der Waals surface area (Å²) in [6.07, 6.45) is 8.05. The highest BCUT2D eigenvalue weighted by molar-refractivity contribution is 5.73. The van der Waals surface area contributed by atoms with E-state index >= 15 is 0 Å². The van der Waals surface area contributed by atoms with Crippen molar-refractivity contribution in [1.82, 2.24) is 20.8 Å². The molecule has 0 amide bonds. The Kier molecular flexibility index (Phi) is 5.30. The van der Waals surface area contributed by atoms with E-state index in [9.17, 15) is 8.78 Å². The van der Waals surface area contributed by atoms with Crippen LogP contribution in [0.1, 0.15) is 43.2 Å². The number of benzene rings is 1. The predicted octanol–water partition coefficient (Wildman–Crippen LogP) is 3.66. The molecule has 3 aliphatic rings. The second-order valence-corrected chi connectivity index (χ2v) is 8.34. The summed E-state index contributed by atoms with van der Waals surface area (Å²) in [4.78, 5) is 8.00. The normalized spacial score (nSPS) is 24.3. The number of alkyl halides is 2. The molecule has 30 heavy (non-hydrogen) atoms. The lowest BCUT2D eigenvalue weighted by Gasteiger charge is -2.40. The summed E-state index contributed by atoms with van der Waals surface area (Å²) in [5.41, 5.74) is 10.7. The van der Waals surface area contributed by atoms with Gasteiger partial charge in [-0.25, -0.2) is 14.2 Å². The lowest BCUT2D eigenvalue weighted by atomic mass is 9.87. The van der Waals surface area contributed by atoms with E-state index in [-0.39, 0.29) is 17.7 Å². The highest BCUT2D eigenvalue weighted by atomic mass is 19.3. The Balaban J connectivity index is 1.52. The van der Waals surface area contributed by atoms with Crippen LogP contribution in [-0.2, 0) is 18.3 Å². The van der Waals surface area contributed by atoms with Gasteiger partial charge in [-0.15, -0.1) is 5.59 Å². The SMILES string of the molecule is Cn1cc(-c2cc3c(cc2C(F)F)N(C2C=C4CCNNOC4CC2)CCC3)cn1.